The summed E-state index contributed by atoms with van der Waals surface area (Å²) in [5.74, 6) is -1.35. The fourth-order valence-electron chi connectivity index (χ4n) is 6.57. The molecule has 7 heteroatoms. The van der Waals surface area contributed by atoms with E-state index in [1.165, 1.54) is 4.57 Å². The Kier molecular flexibility index (Phi) is 4.59. The highest BCUT2D eigenvalue weighted by Gasteiger charge is 2.55. The Labute approximate surface area is 179 Å². The van der Waals surface area contributed by atoms with Gasteiger partial charge in [-0.05, 0) is 80.5 Å². The molecular formula is C24H26F2N2O3. The van der Waals surface area contributed by atoms with E-state index in [-0.39, 0.29) is 35.0 Å². The highest BCUT2D eigenvalue weighted by Crippen LogP contribution is 2.55. The fourth-order valence-corrected chi connectivity index (χ4v) is 6.57. The third-order valence-electron chi connectivity index (χ3n) is 7.53. The molecule has 5 nitrogen and oxygen atoms in total. The summed E-state index contributed by atoms with van der Waals surface area (Å²) < 4.78 is 28.6. The van der Waals surface area contributed by atoms with E-state index in [0.29, 0.717) is 23.2 Å². The van der Waals surface area contributed by atoms with E-state index < -0.39 is 23.0 Å². The maximum atomic E-state index is 13.6. The summed E-state index contributed by atoms with van der Waals surface area (Å²) in [6.07, 6.45) is 4.40. The van der Waals surface area contributed by atoms with Crippen molar-refractivity contribution in [3.05, 3.63) is 58.4 Å². The van der Waals surface area contributed by atoms with Crippen LogP contribution in [0.2, 0.25) is 0 Å². The van der Waals surface area contributed by atoms with Gasteiger partial charge in [0.15, 0.2) is 0 Å². The van der Waals surface area contributed by atoms with Gasteiger partial charge < -0.3 is 15.0 Å². The number of nitrogens with zero attached hydrogens (tertiary/aromatic N) is 1. The summed E-state index contributed by atoms with van der Waals surface area (Å²) in [4.78, 5) is 26.1. The summed E-state index contributed by atoms with van der Waals surface area (Å²) in [6, 6.07) is 4.31. The first-order chi connectivity index (χ1) is 14.6. The van der Waals surface area contributed by atoms with E-state index in [1.807, 2.05) is 0 Å². The third-order valence-corrected chi connectivity index (χ3v) is 7.53. The molecule has 2 aromatic rings. The minimum atomic E-state index is -0.823. The van der Waals surface area contributed by atoms with Crippen LogP contribution in [0.5, 0.6) is 0 Å². The zero-order valence-electron chi connectivity index (χ0n) is 17.6. The quantitative estimate of drug-likeness (QED) is 0.732. The fraction of sp³-hybridized carbons (Fsp3) is 0.500. The number of carbonyl (C=O) groups excluding carboxylic acids is 2. The molecule has 164 valence electrons. The highest BCUT2D eigenvalue weighted by molar-refractivity contribution is 6.09. The molecule has 31 heavy (non-hydrogen) atoms. The molecule has 1 amide bonds. The average Bonchev–Trinajstić information content (AvgIpc) is 2.96. The monoisotopic (exact) mass is 428 g/mol. The molecule has 4 saturated carbocycles. The van der Waals surface area contributed by atoms with Gasteiger partial charge in [0.1, 0.15) is 17.3 Å². The zero-order valence-corrected chi connectivity index (χ0v) is 17.6. The number of ketones is 1. The first-order valence-corrected chi connectivity index (χ1v) is 10.8. The Bertz CT molecular complexity index is 1060. The van der Waals surface area contributed by atoms with Crippen molar-refractivity contribution >= 4 is 11.7 Å². The van der Waals surface area contributed by atoms with Crippen LogP contribution in [0, 0.1) is 36.3 Å². The molecule has 1 aromatic heterocycles. The van der Waals surface area contributed by atoms with E-state index in [0.717, 1.165) is 44.2 Å². The lowest BCUT2D eigenvalue weighted by Gasteiger charge is -2.58. The number of aromatic nitrogens is 1. The van der Waals surface area contributed by atoms with Crippen molar-refractivity contribution in [2.75, 3.05) is 0 Å². The number of carbonyl (C=O) groups is 2. The van der Waals surface area contributed by atoms with Crippen molar-refractivity contribution in [1.82, 2.24) is 9.88 Å². The molecule has 4 aliphatic rings. The number of hydrogen-bond acceptors (Lipinski definition) is 3. The standard InChI is InChI=1S/C24H26F2N2O3/c1-12-3-19(22(29)14-6-17(25)8-18(26)7-14)28(2)21(12)23(30)27-20-15-4-13-5-16(20)11-24(31,9-13)10-15/h3,6-8,13,15-16,20,31H,4-5,9-11H2,1-2H3,(H,27,30). The lowest BCUT2D eigenvalue weighted by molar-refractivity contribution is -0.137. The minimum Gasteiger partial charge on any atom is -0.390 e. The van der Waals surface area contributed by atoms with E-state index >= 15 is 0 Å². The number of rotatable bonds is 4. The third kappa shape index (κ3) is 3.39. The normalized spacial score (nSPS) is 31.1. The van der Waals surface area contributed by atoms with Crippen LogP contribution >= 0.6 is 0 Å². The van der Waals surface area contributed by atoms with Gasteiger partial charge in [-0.25, -0.2) is 8.78 Å². The van der Waals surface area contributed by atoms with Crippen molar-refractivity contribution in [3.63, 3.8) is 0 Å². The first kappa shape index (κ1) is 20.4. The number of aliphatic hydroxyl groups is 1. The molecule has 2 N–H and O–H groups in total. The molecule has 1 heterocycles. The van der Waals surface area contributed by atoms with Gasteiger partial charge in [0.05, 0.1) is 11.3 Å². The first-order valence-electron chi connectivity index (χ1n) is 10.8. The van der Waals surface area contributed by atoms with Gasteiger partial charge in [0, 0.05) is 24.7 Å². The predicted octanol–water partition coefficient (Wildman–Crippen LogP) is 3.51. The van der Waals surface area contributed by atoms with Crippen molar-refractivity contribution in [3.8, 4) is 0 Å². The predicted molar refractivity (Wildman–Crippen MR) is 110 cm³/mol. The summed E-state index contributed by atoms with van der Waals surface area (Å²) in [5, 5.41) is 13.9. The van der Waals surface area contributed by atoms with Gasteiger partial charge in [-0.3, -0.25) is 9.59 Å². The largest absolute Gasteiger partial charge is 0.390 e. The lowest BCUT2D eigenvalue weighted by atomic mass is 9.52. The number of benzene rings is 1. The van der Waals surface area contributed by atoms with Crippen molar-refractivity contribution in [2.24, 2.45) is 24.8 Å². The molecule has 2 unspecified atom stereocenters. The number of halogens is 2. The summed E-state index contributed by atoms with van der Waals surface area (Å²) in [7, 11) is 1.62. The maximum Gasteiger partial charge on any atom is 0.268 e. The van der Waals surface area contributed by atoms with Crippen molar-refractivity contribution in [1.29, 1.82) is 0 Å². The van der Waals surface area contributed by atoms with E-state index in [2.05, 4.69) is 5.32 Å². The van der Waals surface area contributed by atoms with Gasteiger partial charge in [-0.2, -0.15) is 0 Å². The van der Waals surface area contributed by atoms with Gasteiger partial charge in [0.2, 0.25) is 5.78 Å². The molecule has 4 fully saturated rings. The molecule has 0 aliphatic heterocycles. The van der Waals surface area contributed by atoms with Crippen LogP contribution in [0.3, 0.4) is 0 Å². The van der Waals surface area contributed by atoms with Gasteiger partial charge in [0.25, 0.3) is 5.91 Å². The van der Waals surface area contributed by atoms with Crippen LogP contribution in [-0.2, 0) is 7.05 Å². The van der Waals surface area contributed by atoms with Crippen molar-refractivity contribution < 1.29 is 23.5 Å². The Morgan fingerprint density at radius 2 is 1.68 bits per heavy atom. The Balaban J connectivity index is 1.39. The number of nitrogens with one attached hydrogen (secondary N) is 1. The van der Waals surface area contributed by atoms with Crippen LogP contribution in [0.25, 0.3) is 0 Å². The molecule has 1 aromatic carbocycles. The number of amides is 1. The molecule has 0 spiro atoms. The summed E-state index contributed by atoms with van der Waals surface area (Å²) in [5.41, 5.74) is 0.528. The van der Waals surface area contributed by atoms with Crippen molar-refractivity contribution in [2.45, 2.75) is 50.7 Å². The zero-order chi connectivity index (χ0) is 22.1. The minimum absolute atomic E-state index is 0.0232. The van der Waals surface area contributed by atoms with E-state index in [1.54, 1.807) is 20.0 Å². The van der Waals surface area contributed by atoms with Gasteiger partial charge in [-0.15, -0.1) is 0 Å². The SMILES string of the molecule is Cc1cc(C(=O)c2cc(F)cc(F)c2)n(C)c1C(=O)NC1C2CC3CC1CC(O)(C3)C2. The summed E-state index contributed by atoms with van der Waals surface area (Å²) in [6.45, 7) is 1.75. The van der Waals surface area contributed by atoms with E-state index in [4.69, 9.17) is 0 Å². The Hall–Kier alpha value is -2.54. The van der Waals surface area contributed by atoms with Crippen LogP contribution in [0.15, 0.2) is 24.3 Å². The molecule has 0 saturated heterocycles. The second-order valence-corrected chi connectivity index (χ2v) is 9.80. The van der Waals surface area contributed by atoms with Crippen LogP contribution in [-0.4, -0.2) is 33.0 Å². The maximum absolute atomic E-state index is 13.6. The lowest BCUT2D eigenvalue weighted by Crippen LogP contribution is -2.61. The van der Waals surface area contributed by atoms with Gasteiger partial charge >= 0.3 is 0 Å². The topological polar surface area (TPSA) is 71.3 Å². The van der Waals surface area contributed by atoms with Crippen LogP contribution < -0.4 is 5.32 Å². The molecule has 2 atom stereocenters. The Morgan fingerprint density at radius 3 is 2.26 bits per heavy atom. The van der Waals surface area contributed by atoms with Crippen LogP contribution in [0.4, 0.5) is 8.78 Å². The number of aryl methyl sites for hydroxylation is 1. The average molecular weight is 428 g/mol. The summed E-state index contributed by atoms with van der Waals surface area (Å²) >= 11 is 0. The molecule has 6 rings (SSSR count). The second-order valence-electron chi connectivity index (χ2n) is 9.80. The second kappa shape index (κ2) is 6.99. The molecule has 4 bridgehead atoms. The molecular weight excluding hydrogens is 402 g/mol. The Morgan fingerprint density at radius 1 is 1.06 bits per heavy atom. The highest BCUT2D eigenvalue weighted by atomic mass is 19.1. The van der Waals surface area contributed by atoms with Gasteiger partial charge in [-0.1, -0.05) is 0 Å². The smallest absolute Gasteiger partial charge is 0.268 e. The molecule has 0 radical (unpaired) electrons. The van der Waals surface area contributed by atoms with Crippen LogP contribution in [0.1, 0.15) is 64.2 Å². The van der Waals surface area contributed by atoms with E-state index in [9.17, 15) is 23.5 Å². The molecule has 4 aliphatic carbocycles. The number of hydrogen-bond donors (Lipinski definition) is 2.